The molecule has 1 saturated heterocycles. The molecule has 9 nitrogen and oxygen atoms in total. The van der Waals surface area contributed by atoms with E-state index in [0.29, 0.717) is 37.9 Å². The van der Waals surface area contributed by atoms with E-state index in [1.165, 1.54) is 10.6 Å². The Balaban J connectivity index is 1.33. The number of rotatable bonds is 5. The maximum atomic E-state index is 12.5. The number of aromatic nitrogens is 3. The van der Waals surface area contributed by atoms with Gasteiger partial charge in [0, 0.05) is 36.8 Å². The van der Waals surface area contributed by atoms with Gasteiger partial charge in [0.05, 0.1) is 13.2 Å². The predicted octanol–water partition coefficient (Wildman–Crippen LogP) is 1.26. The van der Waals surface area contributed by atoms with E-state index in [1.54, 1.807) is 6.07 Å². The zero-order valence-electron chi connectivity index (χ0n) is 14.4. The van der Waals surface area contributed by atoms with E-state index in [2.05, 4.69) is 20.1 Å². The van der Waals surface area contributed by atoms with E-state index >= 15 is 0 Å². The summed E-state index contributed by atoms with van der Waals surface area (Å²) in [5, 5.41) is 11.3. The van der Waals surface area contributed by atoms with Crippen molar-refractivity contribution in [3.05, 3.63) is 24.1 Å². The van der Waals surface area contributed by atoms with E-state index in [9.17, 15) is 8.42 Å². The van der Waals surface area contributed by atoms with Gasteiger partial charge in [0.1, 0.15) is 17.7 Å². The average molecular weight is 381 g/mol. The first kappa shape index (κ1) is 17.7. The van der Waals surface area contributed by atoms with Crippen molar-refractivity contribution in [2.45, 2.75) is 37.6 Å². The maximum Gasteiger partial charge on any atom is 0.279 e. The zero-order valence-corrected chi connectivity index (χ0v) is 15.2. The van der Waals surface area contributed by atoms with Gasteiger partial charge in [-0.2, -0.15) is 22.5 Å². The third-order valence-electron chi connectivity index (χ3n) is 5.09. The largest absolute Gasteiger partial charge is 0.379 e. The summed E-state index contributed by atoms with van der Waals surface area (Å²) in [5.74, 6) is 0.354. The van der Waals surface area contributed by atoms with E-state index in [-0.39, 0.29) is 6.04 Å². The van der Waals surface area contributed by atoms with Crippen LogP contribution >= 0.6 is 0 Å². The van der Waals surface area contributed by atoms with Gasteiger partial charge in [0.15, 0.2) is 0 Å². The highest BCUT2D eigenvalue weighted by atomic mass is 32.2. The minimum atomic E-state index is -3.43. The summed E-state index contributed by atoms with van der Waals surface area (Å²) in [4.78, 5) is 0. The van der Waals surface area contributed by atoms with E-state index in [4.69, 9.17) is 9.26 Å². The molecule has 3 heterocycles. The van der Waals surface area contributed by atoms with E-state index in [1.807, 2.05) is 6.07 Å². The first-order chi connectivity index (χ1) is 12.6. The van der Waals surface area contributed by atoms with Crippen LogP contribution in [0.1, 0.15) is 37.3 Å². The molecular weight excluding hydrogens is 358 g/mol. The van der Waals surface area contributed by atoms with Crippen molar-refractivity contribution in [3.63, 3.8) is 0 Å². The van der Waals surface area contributed by atoms with Crippen molar-refractivity contribution in [1.82, 2.24) is 24.4 Å². The lowest BCUT2D eigenvalue weighted by molar-refractivity contribution is 0.0722. The van der Waals surface area contributed by atoms with Gasteiger partial charge in [-0.3, -0.25) is 5.10 Å². The molecule has 2 fully saturated rings. The van der Waals surface area contributed by atoms with Crippen LogP contribution in [0.5, 0.6) is 0 Å². The van der Waals surface area contributed by atoms with Gasteiger partial charge >= 0.3 is 0 Å². The molecule has 2 N–H and O–H groups in total. The summed E-state index contributed by atoms with van der Waals surface area (Å²) in [7, 11) is -3.43. The Morgan fingerprint density at radius 1 is 1.15 bits per heavy atom. The van der Waals surface area contributed by atoms with Crippen molar-refractivity contribution < 1.29 is 17.7 Å². The normalized spacial score (nSPS) is 25.4. The van der Waals surface area contributed by atoms with Crippen LogP contribution in [0.2, 0.25) is 0 Å². The van der Waals surface area contributed by atoms with Crippen LogP contribution in [0.25, 0.3) is 11.4 Å². The molecule has 1 aliphatic heterocycles. The molecule has 142 valence electrons. The number of ether oxygens (including phenoxy) is 1. The number of nitrogens with zero attached hydrogens (tertiary/aromatic N) is 3. The number of aromatic amines is 1. The standard InChI is InChI=1S/C16H23N5O4S/c22-26(23,21-6-9-24-10-7-21)20-13-3-1-12(2-4-13)15-11-16(18-17-15)14-5-8-25-19-14/h5,8,11-13,20H,1-4,6-7,9-10H2,(H,17,18). The van der Waals surface area contributed by atoms with Crippen LogP contribution in [-0.4, -0.2) is 60.4 Å². The van der Waals surface area contributed by atoms with Crippen LogP contribution < -0.4 is 4.72 Å². The van der Waals surface area contributed by atoms with Crippen LogP contribution in [0.15, 0.2) is 22.9 Å². The molecule has 0 amide bonds. The number of nitrogens with one attached hydrogen (secondary N) is 2. The molecule has 2 aliphatic rings. The molecule has 0 aromatic carbocycles. The van der Waals surface area contributed by atoms with Gasteiger partial charge in [-0.1, -0.05) is 5.16 Å². The number of H-pyrrole nitrogens is 1. The molecule has 2 aromatic heterocycles. The second kappa shape index (κ2) is 7.47. The second-order valence-electron chi connectivity index (χ2n) is 6.78. The lowest BCUT2D eigenvalue weighted by Crippen LogP contribution is -2.50. The Kier molecular flexibility index (Phi) is 5.07. The molecule has 4 rings (SSSR count). The van der Waals surface area contributed by atoms with Gasteiger partial charge < -0.3 is 9.26 Å². The summed E-state index contributed by atoms with van der Waals surface area (Å²) in [6.45, 7) is 1.76. The minimum absolute atomic E-state index is 0.0166. The molecule has 2 aromatic rings. The summed E-state index contributed by atoms with van der Waals surface area (Å²) in [6.07, 6.45) is 4.97. The monoisotopic (exact) mass is 381 g/mol. The van der Waals surface area contributed by atoms with Crippen molar-refractivity contribution in [3.8, 4) is 11.4 Å². The van der Waals surface area contributed by atoms with Crippen LogP contribution in [0, 0.1) is 0 Å². The van der Waals surface area contributed by atoms with Gasteiger partial charge in [0.2, 0.25) is 0 Å². The molecule has 0 bridgehead atoms. The third-order valence-corrected chi connectivity index (χ3v) is 6.77. The van der Waals surface area contributed by atoms with E-state index in [0.717, 1.165) is 37.1 Å². The molecular formula is C16H23N5O4S. The SMILES string of the molecule is O=S(=O)(NC1CCC(c2cc(-c3ccon3)n[nH]2)CC1)N1CCOCC1. The molecule has 26 heavy (non-hydrogen) atoms. The fraction of sp³-hybridized carbons (Fsp3) is 0.625. The first-order valence-electron chi connectivity index (χ1n) is 8.93. The summed E-state index contributed by atoms with van der Waals surface area (Å²) < 4.78 is 39.3. The Morgan fingerprint density at radius 2 is 1.92 bits per heavy atom. The maximum absolute atomic E-state index is 12.5. The zero-order chi connectivity index (χ0) is 18.0. The topological polar surface area (TPSA) is 113 Å². The fourth-order valence-corrected chi connectivity index (χ4v) is 5.05. The van der Waals surface area contributed by atoms with Crippen molar-refractivity contribution in [1.29, 1.82) is 0 Å². The van der Waals surface area contributed by atoms with Gasteiger partial charge in [-0.05, 0) is 31.7 Å². The first-order valence-corrected chi connectivity index (χ1v) is 10.4. The quantitative estimate of drug-likeness (QED) is 0.806. The van der Waals surface area contributed by atoms with Crippen LogP contribution in [0.4, 0.5) is 0 Å². The van der Waals surface area contributed by atoms with Crippen molar-refractivity contribution in [2.24, 2.45) is 0 Å². The smallest absolute Gasteiger partial charge is 0.279 e. The summed E-state index contributed by atoms with van der Waals surface area (Å²) in [5.41, 5.74) is 2.54. The van der Waals surface area contributed by atoms with Crippen LogP contribution in [-0.2, 0) is 14.9 Å². The summed E-state index contributed by atoms with van der Waals surface area (Å²) in [6, 6.07) is 3.76. The Morgan fingerprint density at radius 3 is 2.62 bits per heavy atom. The van der Waals surface area contributed by atoms with Gasteiger partial charge in [0.25, 0.3) is 10.2 Å². The lowest BCUT2D eigenvalue weighted by Gasteiger charge is -2.32. The minimum Gasteiger partial charge on any atom is -0.379 e. The Labute approximate surface area is 152 Å². The van der Waals surface area contributed by atoms with Gasteiger partial charge in [-0.15, -0.1) is 0 Å². The molecule has 0 atom stereocenters. The molecule has 10 heteroatoms. The highest BCUT2D eigenvalue weighted by molar-refractivity contribution is 7.87. The molecule has 1 aliphatic carbocycles. The van der Waals surface area contributed by atoms with Gasteiger partial charge in [-0.25, -0.2) is 0 Å². The van der Waals surface area contributed by atoms with E-state index < -0.39 is 10.2 Å². The van der Waals surface area contributed by atoms with Crippen LogP contribution in [0.3, 0.4) is 0 Å². The third kappa shape index (κ3) is 3.83. The number of morpholine rings is 1. The number of hydrogen-bond donors (Lipinski definition) is 2. The van der Waals surface area contributed by atoms with Crippen molar-refractivity contribution >= 4 is 10.2 Å². The molecule has 0 radical (unpaired) electrons. The Bertz CT molecular complexity index is 806. The predicted molar refractivity (Wildman–Crippen MR) is 93.5 cm³/mol. The van der Waals surface area contributed by atoms with Crippen molar-refractivity contribution in [2.75, 3.05) is 26.3 Å². The molecule has 0 unspecified atom stereocenters. The highest BCUT2D eigenvalue weighted by Crippen LogP contribution is 2.33. The second-order valence-corrected chi connectivity index (χ2v) is 8.48. The number of hydrogen-bond acceptors (Lipinski definition) is 6. The Hall–Kier alpha value is -1.75. The lowest BCUT2D eigenvalue weighted by atomic mass is 9.84. The fourth-order valence-electron chi connectivity index (χ4n) is 3.62. The molecule has 0 spiro atoms. The summed E-state index contributed by atoms with van der Waals surface area (Å²) >= 11 is 0. The average Bonchev–Trinajstić information content (AvgIpc) is 3.34. The molecule has 1 saturated carbocycles. The highest BCUT2D eigenvalue weighted by Gasteiger charge is 2.30.